The largest absolute Gasteiger partial charge is 0.481 e. The Labute approximate surface area is 245 Å². The van der Waals surface area contributed by atoms with E-state index in [4.69, 9.17) is 22.9 Å². The molecule has 0 bridgehead atoms. The zero-order valence-electron chi connectivity index (χ0n) is 23.2. The second-order valence-electron chi connectivity index (χ2n) is 9.47. The number of rotatable bonds is 18. The molecule has 0 aromatic carbocycles. The first-order valence-electron chi connectivity index (χ1n) is 13.1. The molecule has 0 aliphatic carbocycles. The number of carbonyl (C=O) groups excluding carboxylic acids is 6. The van der Waals surface area contributed by atoms with Crippen LogP contribution in [0.1, 0.15) is 38.5 Å². The lowest BCUT2D eigenvalue weighted by Crippen LogP contribution is -2.57. The molecule has 20 nitrogen and oxygen atoms in total. The van der Waals surface area contributed by atoms with E-state index in [2.05, 4.69) is 26.3 Å². The summed E-state index contributed by atoms with van der Waals surface area (Å²) in [5.74, 6) is -8.56. The number of carboxylic acids is 2. The van der Waals surface area contributed by atoms with Gasteiger partial charge in [-0.05, 0) is 25.7 Å². The molecule has 0 spiro atoms. The highest BCUT2D eigenvalue weighted by Crippen LogP contribution is 2.19. The fraction of sp³-hybridized carbons (Fsp3) is 0.609. The molecule has 3 unspecified atom stereocenters. The van der Waals surface area contributed by atoms with Crippen LogP contribution < -0.4 is 44.2 Å². The molecule has 0 radical (unpaired) electrons. The summed E-state index contributed by atoms with van der Waals surface area (Å²) >= 11 is 0. The number of nitrogens with one attached hydrogen (secondary N) is 4. The number of aliphatic carboxylic acids is 2. The number of nitrogens with zero attached hydrogens (tertiary/aromatic N) is 2. The fourth-order valence-corrected chi connectivity index (χ4v) is 4.11. The van der Waals surface area contributed by atoms with Gasteiger partial charge in [0.05, 0.1) is 25.9 Å². The fourth-order valence-electron chi connectivity index (χ4n) is 4.11. The molecule has 0 saturated carbocycles. The summed E-state index contributed by atoms with van der Waals surface area (Å²) in [4.78, 5) is 102. The summed E-state index contributed by atoms with van der Waals surface area (Å²) in [6.07, 6.45) is -0.843. The van der Waals surface area contributed by atoms with Gasteiger partial charge in [0.15, 0.2) is 5.96 Å². The molecular formula is C23H38N10O10. The maximum Gasteiger partial charge on any atom is 0.326 e. The van der Waals surface area contributed by atoms with E-state index in [0.717, 1.165) is 4.90 Å². The van der Waals surface area contributed by atoms with Crippen LogP contribution in [0, 0.1) is 0 Å². The van der Waals surface area contributed by atoms with Crippen LogP contribution in [-0.2, 0) is 38.4 Å². The van der Waals surface area contributed by atoms with Gasteiger partial charge < -0.3 is 59.3 Å². The smallest absolute Gasteiger partial charge is 0.326 e. The zero-order chi connectivity index (χ0) is 32.7. The number of amides is 6. The van der Waals surface area contributed by atoms with Crippen molar-refractivity contribution in [1.29, 1.82) is 0 Å². The van der Waals surface area contributed by atoms with Gasteiger partial charge in [0.2, 0.25) is 35.4 Å². The third kappa shape index (κ3) is 13.0. The number of hydrogen-bond acceptors (Lipinski definition) is 10. The van der Waals surface area contributed by atoms with E-state index < -0.39 is 97.5 Å². The van der Waals surface area contributed by atoms with E-state index in [-0.39, 0.29) is 38.3 Å². The van der Waals surface area contributed by atoms with Crippen molar-refractivity contribution in [2.45, 2.75) is 62.7 Å². The quantitative estimate of drug-likeness (QED) is 0.0391. The van der Waals surface area contributed by atoms with E-state index in [1.807, 2.05) is 0 Å². The van der Waals surface area contributed by atoms with Crippen LogP contribution in [0.2, 0.25) is 0 Å². The van der Waals surface area contributed by atoms with Crippen molar-refractivity contribution >= 4 is 53.3 Å². The topological polar surface area (TPSA) is 345 Å². The first-order chi connectivity index (χ1) is 20.2. The van der Waals surface area contributed by atoms with Gasteiger partial charge in [0.25, 0.3) is 0 Å². The highest BCUT2D eigenvalue weighted by molar-refractivity contribution is 5.97. The number of primary amides is 1. The second-order valence-corrected chi connectivity index (χ2v) is 9.47. The van der Waals surface area contributed by atoms with Gasteiger partial charge in [-0.1, -0.05) is 0 Å². The lowest BCUT2D eigenvalue weighted by Gasteiger charge is -2.28. The predicted molar refractivity (Wildman–Crippen MR) is 146 cm³/mol. The number of guanidine groups is 1. The predicted octanol–water partition coefficient (Wildman–Crippen LogP) is -6.01. The van der Waals surface area contributed by atoms with Crippen molar-refractivity contribution in [1.82, 2.24) is 26.2 Å². The second kappa shape index (κ2) is 17.7. The van der Waals surface area contributed by atoms with Crippen LogP contribution in [0.3, 0.4) is 0 Å². The third-order valence-electron chi connectivity index (χ3n) is 6.08. The van der Waals surface area contributed by atoms with Crippen molar-refractivity contribution in [3.63, 3.8) is 0 Å². The zero-order valence-corrected chi connectivity index (χ0v) is 23.2. The molecule has 20 heteroatoms. The molecule has 1 fully saturated rings. The number of likely N-dealkylation sites (tertiary alicyclic amines) is 1. The Morgan fingerprint density at radius 3 is 2.07 bits per heavy atom. The average Bonchev–Trinajstić information content (AvgIpc) is 3.42. The van der Waals surface area contributed by atoms with E-state index in [0.29, 0.717) is 6.42 Å². The number of carbonyl (C=O) groups is 8. The standard InChI is InChI=1S/C23H38N10O10/c24-9-16(35)30-11(3-1-5-28-23(26)27)19(39)29-10-17(36)31-12(8-18(37)38)20(40)32-13(7-15(25)34)21(41)33-6-2-4-14(33)22(42)43/h11-14H,1-10,24H2,(H2,25,34)(H,29,39)(H,30,35)(H,31,36)(H,32,40)(H,37,38)(H,42,43)(H4,26,27,28)/t11?,12?,13?,14-/m0/s1. The Hall–Kier alpha value is -5.01. The minimum absolute atomic E-state index is 0.0386. The number of nitrogens with two attached hydrogens (primary N) is 4. The van der Waals surface area contributed by atoms with E-state index in [9.17, 15) is 48.6 Å². The normalized spacial score (nSPS) is 16.1. The first-order valence-corrected chi connectivity index (χ1v) is 13.1. The van der Waals surface area contributed by atoms with Crippen LogP contribution in [0.15, 0.2) is 4.99 Å². The van der Waals surface area contributed by atoms with E-state index in [1.54, 1.807) is 0 Å². The molecule has 43 heavy (non-hydrogen) atoms. The highest BCUT2D eigenvalue weighted by atomic mass is 16.4. The average molecular weight is 615 g/mol. The number of aliphatic imine (C=N–C) groups is 1. The Morgan fingerprint density at radius 2 is 1.51 bits per heavy atom. The lowest BCUT2D eigenvalue weighted by molar-refractivity contribution is -0.150. The molecule has 1 rings (SSSR count). The molecule has 1 heterocycles. The van der Waals surface area contributed by atoms with Crippen molar-refractivity contribution in [2.75, 3.05) is 26.2 Å². The first kappa shape index (κ1) is 36.0. The summed E-state index contributed by atoms with van der Waals surface area (Å²) in [6, 6.07) is -5.73. The van der Waals surface area contributed by atoms with Crippen LogP contribution in [0.25, 0.3) is 0 Å². The summed E-state index contributed by atoms with van der Waals surface area (Å²) in [5, 5.41) is 27.5. The highest BCUT2D eigenvalue weighted by Gasteiger charge is 2.39. The van der Waals surface area contributed by atoms with Gasteiger partial charge in [-0.2, -0.15) is 0 Å². The number of carboxylic acid groups (broad SMARTS) is 2. The van der Waals surface area contributed by atoms with Crippen molar-refractivity contribution < 1.29 is 48.6 Å². The molecule has 6 amide bonds. The van der Waals surface area contributed by atoms with E-state index in [1.165, 1.54) is 0 Å². The van der Waals surface area contributed by atoms with Crippen molar-refractivity contribution in [3.05, 3.63) is 0 Å². The van der Waals surface area contributed by atoms with Crippen LogP contribution in [0.4, 0.5) is 0 Å². The Kier molecular flexibility index (Phi) is 14.8. The van der Waals surface area contributed by atoms with Gasteiger partial charge in [-0.3, -0.25) is 38.6 Å². The molecule has 0 aromatic heterocycles. The third-order valence-corrected chi connectivity index (χ3v) is 6.08. The van der Waals surface area contributed by atoms with Gasteiger partial charge in [-0.15, -0.1) is 0 Å². The van der Waals surface area contributed by atoms with Crippen molar-refractivity contribution in [2.24, 2.45) is 27.9 Å². The van der Waals surface area contributed by atoms with Gasteiger partial charge in [0, 0.05) is 13.1 Å². The molecule has 0 aromatic rings. The van der Waals surface area contributed by atoms with Gasteiger partial charge in [-0.25, -0.2) is 4.79 Å². The summed E-state index contributed by atoms with van der Waals surface area (Å²) < 4.78 is 0. The minimum Gasteiger partial charge on any atom is -0.481 e. The Balaban J connectivity index is 2.92. The van der Waals surface area contributed by atoms with Crippen LogP contribution >= 0.6 is 0 Å². The van der Waals surface area contributed by atoms with E-state index >= 15 is 0 Å². The SMILES string of the molecule is NCC(=O)NC(CCCN=C(N)N)C(=O)NCC(=O)NC(CC(=O)O)C(=O)NC(CC(N)=O)C(=O)N1CCC[C@H]1C(=O)O. The Bertz CT molecular complexity index is 1110. The van der Waals surface area contributed by atoms with Crippen molar-refractivity contribution in [3.8, 4) is 0 Å². The van der Waals surface area contributed by atoms with Crippen LogP contribution in [-0.4, -0.2) is 119 Å². The maximum atomic E-state index is 13.0. The minimum atomic E-state index is -1.77. The molecule has 240 valence electrons. The molecular weight excluding hydrogens is 576 g/mol. The molecule has 1 saturated heterocycles. The Morgan fingerprint density at radius 1 is 0.860 bits per heavy atom. The monoisotopic (exact) mass is 614 g/mol. The molecule has 1 aliphatic heterocycles. The molecule has 1 aliphatic rings. The maximum absolute atomic E-state index is 13.0. The molecule has 14 N–H and O–H groups in total. The van der Waals surface area contributed by atoms with Gasteiger partial charge >= 0.3 is 11.9 Å². The summed E-state index contributed by atoms with van der Waals surface area (Å²) in [7, 11) is 0. The van der Waals surface area contributed by atoms with Crippen LogP contribution in [0.5, 0.6) is 0 Å². The summed E-state index contributed by atoms with van der Waals surface area (Å²) in [6.45, 7) is -0.983. The molecule has 4 atom stereocenters. The lowest BCUT2D eigenvalue weighted by atomic mass is 10.1. The van der Waals surface area contributed by atoms with Gasteiger partial charge in [0.1, 0.15) is 24.2 Å². The summed E-state index contributed by atoms with van der Waals surface area (Å²) in [5.41, 5.74) is 20.9. The number of hydrogen-bond donors (Lipinski definition) is 10.